The van der Waals surface area contributed by atoms with Gasteiger partial charge in [0.2, 0.25) is 13.6 Å². The monoisotopic (exact) mass is 1490 g/mol. The van der Waals surface area contributed by atoms with Gasteiger partial charge in [0.15, 0.2) is 116 Å². The maximum absolute atomic E-state index is 13.9. The molecule has 0 fully saturated rings. The van der Waals surface area contributed by atoms with Crippen molar-refractivity contribution in [2.24, 2.45) is 0 Å². The molecule has 0 aliphatic carbocycles. The average molecular weight is 1490 g/mol. The highest BCUT2D eigenvalue weighted by Gasteiger charge is 2.25. The van der Waals surface area contributed by atoms with Gasteiger partial charge in [-0.3, -0.25) is 59.6 Å². The number of phenols is 4. The maximum atomic E-state index is 13.9. The summed E-state index contributed by atoms with van der Waals surface area (Å²) in [5.41, 5.74) is 9.65. The van der Waals surface area contributed by atoms with Crippen molar-refractivity contribution >= 4 is 23.6 Å². The number of carbonyl (C=O) groups excluding carboxylic acids is 4. The van der Waals surface area contributed by atoms with Gasteiger partial charge in [0, 0.05) is 63.5 Å². The lowest BCUT2D eigenvalue weighted by Gasteiger charge is -2.24. The van der Waals surface area contributed by atoms with Gasteiger partial charge in [-0.05, 0) is 118 Å². The van der Waals surface area contributed by atoms with E-state index in [0.717, 1.165) is 87.2 Å². The van der Waals surface area contributed by atoms with Gasteiger partial charge < -0.3 is 58.3 Å². The van der Waals surface area contributed by atoms with E-state index in [4.69, 9.17) is 68.9 Å². The molecule has 0 saturated carbocycles. The Labute approximate surface area is 596 Å². The van der Waals surface area contributed by atoms with E-state index in [1.54, 1.807) is 11.0 Å². The van der Waals surface area contributed by atoms with Crippen LogP contribution in [0.2, 0.25) is 0 Å². The van der Waals surface area contributed by atoms with Crippen molar-refractivity contribution in [3.05, 3.63) is 212 Å². The minimum absolute atomic E-state index is 0.0308. The predicted octanol–water partition coefficient (Wildman–Crippen LogP) is 7.71. The molecule has 564 valence electrons. The molecule has 0 aromatic heterocycles. The van der Waals surface area contributed by atoms with Crippen molar-refractivity contribution in [3.63, 3.8) is 0 Å². The first-order valence-electron chi connectivity index (χ1n) is 31.7. The molecule has 12 N–H and O–H groups in total. The molecule has 0 unspecified atom stereocenters. The summed E-state index contributed by atoms with van der Waals surface area (Å²) in [6, 6.07) is 29.8. The van der Waals surface area contributed by atoms with Crippen molar-refractivity contribution in [1.29, 1.82) is 0 Å². The van der Waals surface area contributed by atoms with E-state index in [9.17, 15) is 64.5 Å². The smallest absolute Gasteiger partial charge is 0.257 e. The minimum Gasteiger partial charge on any atom is -0.503 e. The standard InChI is InChI=1S/C20H22N2O6.C18H18N2O6.2C16H14F4N2O4/c23-20(21-24)13-22(11-14-1-3-16-18(9-14)27-7-5-25-16)12-15-2-4-17-19(10-15)28-8-6-26-17;21-18(19-22)9-20(7-12-1-3-14-16(5-12)25-10-23-14)8-13-2-4-15-17(6-13)26-11-24-15;17-10-1-8(2-11(18)15(10)24)5-22(7-14(23)21-26)6-9-3-12(19)16(25)13(20)4-9;17-10-3-1-8(13(19)15(10)24)5-22(7-12(23)21-26)6-9-2-4-11(18)16(25)14(9)20/h1-4,9-10,24H,5-8,11-13H2,(H,21,23);1-6,22H,7-11H2,(H,19,21);2*1-4,24-26H,5-7H2,(H,21,23). The molecule has 8 aromatic carbocycles. The van der Waals surface area contributed by atoms with Crippen molar-refractivity contribution in [3.8, 4) is 69.0 Å². The molecule has 0 atom stereocenters. The minimum atomic E-state index is -1.26. The number of hydrogen-bond acceptors (Lipinski definition) is 24. The first-order chi connectivity index (χ1) is 50.9. The molecule has 12 rings (SSSR count). The number of hydrogen-bond donors (Lipinski definition) is 12. The lowest BCUT2D eigenvalue weighted by atomic mass is 10.1. The van der Waals surface area contributed by atoms with Crippen LogP contribution >= 0.6 is 0 Å². The predicted molar refractivity (Wildman–Crippen MR) is 348 cm³/mol. The van der Waals surface area contributed by atoms with Crippen molar-refractivity contribution in [2.45, 2.75) is 52.4 Å². The van der Waals surface area contributed by atoms with Crippen molar-refractivity contribution in [2.75, 3.05) is 66.2 Å². The van der Waals surface area contributed by atoms with Gasteiger partial charge in [-0.1, -0.05) is 36.4 Å². The maximum Gasteiger partial charge on any atom is 0.257 e. The van der Waals surface area contributed by atoms with Gasteiger partial charge in [-0.2, -0.15) is 0 Å². The van der Waals surface area contributed by atoms with Crippen LogP contribution in [0.3, 0.4) is 0 Å². The third kappa shape index (κ3) is 21.7. The molecule has 4 aliphatic rings. The summed E-state index contributed by atoms with van der Waals surface area (Å²) in [5, 5.41) is 71.9. The quantitative estimate of drug-likeness (QED) is 0.0156. The molecule has 0 spiro atoms. The molecule has 28 nitrogen and oxygen atoms in total. The Bertz CT molecular complexity index is 4170. The number of benzene rings is 8. The molecule has 0 radical (unpaired) electrons. The second kappa shape index (κ2) is 37.2. The Kier molecular flexibility index (Phi) is 27.5. The van der Waals surface area contributed by atoms with E-state index in [2.05, 4.69) is 0 Å². The molecule has 4 heterocycles. The van der Waals surface area contributed by atoms with Gasteiger partial charge in [0.1, 0.15) is 26.4 Å². The summed E-state index contributed by atoms with van der Waals surface area (Å²) in [6.07, 6.45) is 0. The molecular weight excluding hydrogens is 1420 g/mol. The van der Waals surface area contributed by atoms with Crippen LogP contribution in [0.4, 0.5) is 35.1 Å². The highest BCUT2D eigenvalue weighted by atomic mass is 19.2. The highest BCUT2D eigenvalue weighted by molar-refractivity contribution is 5.78. The lowest BCUT2D eigenvalue weighted by molar-refractivity contribution is -0.131. The Morgan fingerprint density at radius 2 is 0.538 bits per heavy atom. The van der Waals surface area contributed by atoms with E-state index < -0.39 is 106 Å². The van der Waals surface area contributed by atoms with Crippen LogP contribution in [0, 0.1) is 46.5 Å². The van der Waals surface area contributed by atoms with Gasteiger partial charge in [-0.15, -0.1) is 0 Å². The third-order valence-electron chi connectivity index (χ3n) is 15.7. The summed E-state index contributed by atoms with van der Waals surface area (Å²) in [7, 11) is 0. The van der Waals surface area contributed by atoms with Gasteiger partial charge in [0.05, 0.1) is 26.2 Å². The zero-order chi connectivity index (χ0) is 76.1. The number of ether oxygens (including phenoxy) is 8. The fraction of sp³-hybridized carbons (Fsp3) is 0.257. The SMILES string of the molecule is O=C(CN(Cc1cc(F)c(O)c(F)c1)Cc1cc(F)c(O)c(F)c1)NO.O=C(CN(Cc1ccc(F)c(O)c1F)Cc1ccc(F)c(O)c1F)NO.O=C(CN(Cc1ccc2c(c1)OCCO2)Cc1ccc2c(c1)OCCO2)NO.O=C(CN(Cc1ccc2c(c1)OCO2)Cc1ccc2c(c1)OCO2)NO. The van der Waals surface area contributed by atoms with Crippen LogP contribution in [0.1, 0.15) is 44.5 Å². The Morgan fingerprint density at radius 3 is 0.830 bits per heavy atom. The average Bonchev–Trinajstić information content (AvgIpc) is 1.42. The fourth-order valence-electron chi connectivity index (χ4n) is 10.9. The van der Waals surface area contributed by atoms with Crippen LogP contribution in [0.15, 0.2) is 121 Å². The molecule has 0 bridgehead atoms. The number of halogens is 8. The lowest BCUT2D eigenvalue weighted by Crippen LogP contribution is -2.35. The van der Waals surface area contributed by atoms with Gasteiger partial charge in [0.25, 0.3) is 23.6 Å². The summed E-state index contributed by atoms with van der Waals surface area (Å²) >= 11 is 0. The summed E-state index contributed by atoms with van der Waals surface area (Å²) in [6.45, 7) is 2.36. The molecule has 4 amide bonds. The molecule has 8 aromatic rings. The van der Waals surface area contributed by atoms with Crippen LogP contribution in [-0.2, 0) is 71.5 Å². The van der Waals surface area contributed by atoms with Gasteiger partial charge in [-0.25, -0.2) is 57.0 Å². The molecule has 0 saturated heterocycles. The van der Waals surface area contributed by atoms with E-state index in [1.807, 2.05) is 82.6 Å². The first-order valence-corrected chi connectivity index (χ1v) is 31.7. The zero-order valence-corrected chi connectivity index (χ0v) is 55.6. The summed E-state index contributed by atoms with van der Waals surface area (Å²) < 4.78 is 152. The van der Waals surface area contributed by atoms with E-state index in [-0.39, 0.29) is 75.1 Å². The second-order valence-electron chi connectivity index (χ2n) is 23.6. The molecule has 4 aliphatic heterocycles. The highest BCUT2D eigenvalue weighted by Crippen LogP contribution is 2.37. The second-order valence-corrected chi connectivity index (χ2v) is 23.6. The largest absolute Gasteiger partial charge is 0.503 e. The number of carbonyl (C=O) groups is 4. The van der Waals surface area contributed by atoms with Crippen molar-refractivity contribution in [1.82, 2.24) is 41.5 Å². The number of nitrogens with one attached hydrogen (secondary N) is 4. The van der Waals surface area contributed by atoms with Crippen LogP contribution < -0.4 is 59.8 Å². The van der Waals surface area contributed by atoms with Crippen molar-refractivity contribution < 1.29 is 133 Å². The normalized spacial score (nSPS) is 12.7. The van der Waals surface area contributed by atoms with Crippen LogP contribution in [0.5, 0.6) is 69.0 Å². The Hall–Kier alpha value is -11.6. The number of nitrogens with zero attached hydrogens (tertiary/aromatic N) is 4. The van der Waals surface area contributed by atoms with E-state index in [0.29, 0.717) is 87.1 Å². The Morgan fingerprint density at radius 1 is 0.292 bits per heavy atom. The third-order valence-corrected chi connectivity index (χ3v) is 15.7. The van der Waals surface area contributed by atoms with E-state index >= 15 is 0 Å². The number of phenolic OH excluding ortho intramolecular Hbond substituents is 4. The molecular formula is C70H68F8N8O20. The van der Waals surface area contributed by atoms with Gasteiger partial charge >= 0.3 is 0 Å². The number of amides is 4. The summed E-state index contributed by atoms with van der Waals surface area (Å²) in [5.74, 6) is -11.6. The molecule has 36 heteroatoms. The summed E-state index contributed by atoms with van der Waals surface area (Å²) in [4.78, 5) is 52.4. The number of fused-ring (bicyclic) bond motifs is 4. The fourth-order valence-corrected chi connectivity index (χ4v) is 10.9. The zero-order valence-electron chi connectivity index (χ0n) is 55.6. The van der Waals surface area contributed by atoms with Crippen LogP contribution in [0.25, 0.3) is 0 Å². The van der Waals surface area contributed by atoms with E-state index in [1.165, 1.54) is 15.9 Å². The topological polar surface area (TPSA) is 365 Å². The number of hydroxylamine groups is 4. The number of aromatic hydroxyl groups is 4. The molecule has 106 heavy (non-hydrogen) atoms. The number of rotatable bonds is 24. The Balaban J connectivity index is 0.000000164. The first kappa shape index (κ1) is 78.5. The van der Waals surface area contributed by atoms with Crippen LogP contribution in [-0.4, -0.2) is 151 Å².